The number of amides is 1. The largest absolute Gasteiger partial charge is 0.445 e. The van der Waals surface area contributed by atoms with Gasteiger partial charge in [-0.25, -0.2) is 4.79 Å². The third-order valence-corrected chi connectivity index (χ3v) is 5.86. The normalized spacial score (nSPS) is 26.6. The molecule has 0 aliphatic carbocycles. The van der Waals surface area contributed by atoms with Gasteiger partial charge < -0.3 is 14.7 Å². The van der Waals surface area contributed by atoms with Crippen molar-refractivity contribution in [1.82, 2.24) is 4.90 Å². The molecule has 2 aliphatic heterocycles. The third kappa shape index (κ3) is 3.37. The number of benzene rings is 2. The van der Waals surface area contributed by atoms with Crippen LogP contribution in [0, 0.1) is 0 Å². The minimum Gasteiger partial charge on any atom is -0.445 e. The summed E-state index contributed by atoms with van der Waals surface area (Å²) >= 11 is 0. The Kier molecular flexibility index (Phi) is 4.75. The molecular formula is C23H25NO3. The fraction of sp³-hybridized carbons (Fsp3) is 0.348. The number of hydrogen-bond acceptors (Lipinski definition) is 3. The Balaban J connectivity index is 1.49. The van der Waals surface area contributed by atoms with E-state index < -0.39 is 5.60 Å². The van der Waals surface area contributed by atoms with Crippen LogP contribution < -0.4 is 0 Å². The monoisotopic (exact) mass is 363 g/mol. The van der Waals surface area contributed by atoms with Gasteiger partial charge >= 0.3 is 6.09 Å². The molecule has 2 fully saturated rings. The molecule has 0 spiro atoms. The lowest BCUT2D eigenvalue weighted by Crippen LogP contribution is -2.52. The van der Waals surface area contributed by atoms with Gasteiger partial charge in [-0.2, -0.15) is 0 Å². The molecule has 2 bridgehead atoms. The molecule has 2 atom stereocenters. The van der Waals surface area contributed by atoms with Crippen molar-refractivity contribution in [3.8, 4) is 0 Å². The van der Waals surface area contributed by atoms with E-state index in [0.29, 0.717) is 12.8 Å². The van der Waals surface area contributed by atoms with Crippen molar-refractivity contribution in [2.75, 3.05) is 0 Å². The van der Waals surface area contributed by atoms with E-state index in [0.717, 1.165) is 29.5 Å². The van der Waals surface area contributed by atoms with E-state index in [4.69, 9.17) is 4.74 Å². The van der Waals surface area contributed by atoms with Gasteiger partial charge in [0.2, 0.25) is 0 Å². The zero-order chi connectivity index (χ0) is 18.9. The fourth-order valence-electron chi connectivity index (χ4n) is 4.64. The van der Waals surface area contributed by atoms with E-state index in [1.165, 1.54) is 0 Å². The van der Waals surface area contributed by atoms with Crippen molar-refractivity contribution in [1.29, 1.82) is 0 Å². The minimum absolute atomic E-state index is 0.00916. The summed E-state index contributed by atoms with van der Waals surface area (Å²) in [4.78, 5) is 14.6. The van der Waals surface area contributed by atoms with Crippen LogP contribution in [-0.2, 0) is 16.9 Å². The number of carbonyl (C=O) groups excluding carboxylic acids is 1. The summed E-state index contributed by atoms with van der Waals surface area (Å²) in [5.74, 6) is 0. The molecule has 1 amide bonds. The van der Waals surface area contributed by atoms with Crippen molar-refractivity contribution in [2.45, 2.75) is 50.0 Å². The Labute approximate surface area is 160 Å². The summed E-state index contributed by atoms with van der Waals surface area (Å²) < 4.78 is 5.56. The lowest BCUT2D eigenvalue weighted by molar-refractivity contribution is -0.0537. The zero-order valence-corrected chi connectivity index (χ0v) is 15.4. The molecule has 27 heavy (non-hydrogen) atoms. The molecule has 2 aliphatic rings. The van der Waals surface area contributed by atoms with E-state index in [-0.39, 0.29) is 24.8 Å². The summed E-state index contributed by atoms with van der Waals surface area (Å²) in [6, 6.07) is 17.6. The van der Waals surface area contributed by atoms with Gasteiger partial charge in [-0.3, -0.25) is 0 Å². The van der Waals surface area contributed by atoms with Crippen LogP contribution in [0.25, 0.3) is 6.08 Å². The second-order valence-electron chi connectivity index (χ2n) is 7.56. The van der Waals surface area contributed by atoms with Crippen LogP contribution in [0.1, 0.15) is 42.4 Å². The highest BCUT2D eigenvalue weighted by Gasteiger charge is 2.51. The summed E-state index contributed by atoms with van der Waals surface area (Å²) in [5, 5.41) is 11.4. The molecule has 4 nitrogen and oxygen atoms in total. The van der Waals surface area contributed by atoms with Crippen LogP contribution in [0.4, 0.5) is 4.79 Å². The van der Waals surface area contributed by atoms with Crippen LogP contribution in [0.3, 0.4) is 0 Å². The summed E-state index contributed by atoms with van der Waals surface area (Å²) in [6.45, 7) is 4.15. The Morgan fingerprint density at radius 1 is 1.11 bits per heavy atom. The van der Waals surface area contributed by atoms with Gasteiger partial charge in [0.15, 0.2) is 0 Å². The minimum atomic E-state index is -0.924. The highest BCUT2D eigenvalue weighted by atomic mass is 16.6. The van der Waals surface area contributed by atoms with Crippen LogP contribution in [-0.4, -0.2) is 28.2 Å². The van der Waals surface area contributed by atoms with Crippen molar-refractivity contribution in [2.24, 2.45) is 0 Å². The topological polar surface area (TPSA) is 49.8 Å². The van der Waals surface area contributed by atoms with Crippen molar-refractivity contribution in [3.05, 3.63) is 77.9 Å². The van der Waals surface area contributed by atoms with E-state index in [2.05, 4.69) is 6.58 Å². The second kappa shape index (κ2) is 7.20. The molecule has 2 aromatic carbocycles. The van der Waals surface area contributed by atoms with Crippen LogP contribution in [0.2, 0.25) is 0 Å². The molecule has 2 saturated heterocycles. The lowest BCUT2D eigenvalue weighted by Gasteiger charge is -2.43. The molecule has 2 unspecified atom stereocenters. The maximum absolute atomic E-state index is 12.7. The van der Waals surface area contributed by atoms with Gasteiger partial charge in [-0.1, -0.05) is 67.3 Å². The average Bonchev–Trinajstić information content (AvgIpc) is 2.99. The van der Waals surface area contributed by atoms with Crippen LogP contribution in [0.5, 0.6) is 0 Å². The second-order valence-corrected chi connectivity index (χ2v) is 7.56. The molecule has 4 rings (SSSR count). The molecule has 2 heterocycles. The van der Waals surface area contributed by atoms with E-state index >= 15 is 0 Å². The van der Waals surface area contributed by atoms with E-state index in [1.807, 2.05) is 59.5 Å². The predicted octanol–water partition coefficient (Wildman–Crippen LogP) is 4.48. The maximum atomic E-state index is 12.7. The zero-order valence-electron chi connectivity index (χ0n) is 15.4. The molecule has 2 aromatic rings. The van der Waals surface area contributed by atoms with E-state index in [9.17, 15) is 9.90 Å². The Morgan fingerprint density at radius 3 is 2.41 bits per heavy atom. The maximum Gasteiger partial charge on any atom is 0.410 e. The Morgan fingerprint density at radius 2 is 1.74 bits per heavy atom. The number of fused-ring (bicyclic) bond motifs is 2. The SMILES string of the molecule is C=Cc1ccccc1C1(O)CC2CCC(C1)N2C(=O)OCc1ccccc1. The fourth-order valence-corrected chi connectivity index (χ4v) is 4.64. The molecule has 140 valence electrons. The number of piperidine rings is 1. The summed E-state index contributed by atoms with van der Waals surface area (Å²) in [5.41, 5.74) is 1.92. The van der Waals surface area contributed by atoms with Crippen molar-refractivity contribution in [3.63, 3.8) is 0 Å². The smallest absolute Gasteiger partial charge is 0.410 e. The number of hydrogen-bond donors (Lipinski definition) is 1. The number of carbonyl (C=O) groups is 1. The molecule has 4 heteroatoms. The highest BCUT2D eigenvalue weighted by molar-refractivity contribution is 5.69. The van der Waals surface area contributed by atoms with E-state index in [1.54, 1.807) is 6.08 Å². The molecule has 1 N–H and O–H groups in total. The first-order valence-corrected chi connectivity index (χ1v) is 9.54. The van der Waals surface area contributed by atoms with Gasteiger partial charge in [0.1, 0.15) is 6.61 Å². The quantitative estimate of drug-likeness (QED) is 0.871. The first-order chi connectivity index (χ1) is 13.1. The Hall–Kier alpha value is -2.59. The Bertz CT molecular complexity index is 819. The van der Waals surface area contributed by atoms with Gasteiger partial charge in [-0.15, -0.1) is 0 Å². The molecule has 0 radical (unpaired) electrons. The molecule has 0 saturated carbocycles. The van der Waals surface area contributed by atoms with Gasteiger partial charge in [0.25, 0.3) is 0 Å². The number of aliphatic hydroxyl groups is 1. The van der Waals surface area contributed by atoms with Crippen molar-refractivity contribution >= 4 is 12.2 Å². The highest BCUT2D eigenvalue weighted by Crippen LogP contribution is 2.46. The number of ether oxygens (including phenoxy) is 1. The van der Waals surface area contributed by atoms with Crippen LogP contribution in [0.15, 0.2) is 61.2 Å². The third-order valence-electron chi connectivity index (χ3n) is 5.86. The predicted molar refractivity (Wildman–Crippen MR) is 105 cm³/mol. The first kappa shape index (κ1) is 17.8. The van der Waals surface area contributed by atoms with Crippen LogP contribution >= 0.6 is 0 Å². The van der Waals surface area contributed by atoms with Crippen molar-refractivity contribution < 1.29 is 14.6 Å². The van der Waals surface area contributed by atoms with Gasteiger partial charge in [0, 0.05) is 24.9 Å². The lowest BCUT2D eigenvalue weighted by atomic mass is 9.78. The van der Waals surface area contributed by atoms with Gasteiger partial charge in [0.05, 0.1) is 5.60 Å². The standard InChI is InChI=1S/C23H25NO3/c1-2-18-10-6-7-11-21(18)23(26)14-19-12-13-20(15-23)24(19)22(25)27-16-17-8-4-3-5-9-17/h2-11,19-20,26H,1,12-16H2. The summed E-state index contributed by atoms with van der Waals surface area (Å²) in [7, 11) is 0. The number of nitrogens with zero attached hydrogens (tertiary/aromatic N) is 1. The first-order valence-electron chi connectivity index (χ1n) is 9.54. The summed E-state index contributed by atoms with van der Waals surface area (Å²) in [6.07, 6.45) is 4.40. The molecule has 0 aromatic heterocycles. The van der Waals surface area contributed by atoms with Gasteiger partial charge in [-0.05, 0) is 29.5 Å². The molecular weight excluding hydrogens is 338 g/mol. The average molecular weight is 363 g/mol. The number of rotatable bonds is 4.